The highest BCUT2D eigenvalue weighted by molar-refractivity contribution is 5.23. The quantitative estimate of drug-likeness (QED) is 0.886. The highest BCUT2D eigenvalue weighted by atomic mass is 16.3. The monoisotopic (exact) mass is 247 g/mol. The zero-order valence-corrected chi connectivity index (χ0v) is 11.8. The number of hydrogen-bond donors (Lipinski definition) is 1. The Labute approximate surface area is 111 Å². The van der Waals surface area contributed by atoms with E-state index in [0.717, 1.165) is 12.1 Å². The van der Waals surface area contributed by atoms with Crippen LogP contribution in [0.5, 0.6) is 0 Å². The minimum atomic E-state index is -0.367. The Kier molecular flexibility index (Phi) is 4.41. The van der Waals surface area contributed by atoms with Gasteiger partial charge in [-0.15, -0.1) is 0 Å². The predicted octanol–water partition coefficient (Wildman–Crippen LogP) is 3.29. The van der Waals surface area contributed by atoms with Gasteiger partial charge in [0.1, 0.15) is 0 Å². The van der Waals surface area contributed by atoms with Crippen LogP contribution >= 0.6 is 0 Å². The summed E-state index contributed by atoms with van der Waals surface area (Å²) in [5.74, 6) is 0. The van der Waals surface area contributed by atoms with Crippen LogP contribution < -0.4 is 0 Å². The number of rotatable bonds is 3. The van der Waals surface area contributed by atoms with E-state index >= 15 is 0 Å². The molecule has 1 aliphatic rings. The molecule has 0 spiro atoms. The fraction of sp³-hybridized carbons (Fsp3) is 0.625. The van der Waals surface area contributed by atoms with Crippen molar-refractivity contribution in [2.75, 3.05) is 6.54 Å². The molecule has 0 radical (unpaired) electrons. The normalized spacial score (nSPS) is 27.1. The highest BCUT2D eigenvalue weighted by Gasteiger charge is 2.26. The Morgan fingerprint density at radius 2 is 1.72 bits per heavy atom. The summed E-state index contributed by atoms with van der Waals surface area (Å²) in [5.41, 5.74) is 2.27. The molecule has 1 fully saturated rings. The molecule has 1 aliphatic heterocycles. The molecule has 18 heavy (non-hydrogen) atoms. The molecule has 1 heterocycles. The molecule has 2 nitrogen and oxygen atoms in total. The van der Waals surface area contributed by atoms with Crippen molar-refractivity contribution in [3.63, 3.8) is 0 Å². The molecule has 2 rings (SSSR count). The minimum absolute atomic E-state index is 0.367. The van der Waals surface area contributed by atoms with Crippen LogP contribution in [0.4, 0.5) is 0 Å². The van der Waals surface area contributed by atoms with E-state index in [2.05, 4.69) is 37.8 Å². The predicted molar refractivity (Wildman–Crippen MR) is 75.6 cm³/mol. The van der Waals surface area contributed by atoms with Gasteiger partial charge in [0.25, 0.3) is 0 Å². The summed E-state index contributed by atoms with van der Waals surface area (Å²) in [5, 5.41) is 10.4. The number of nitrogens with zero attached hydrogens (tertiary/aromatic N) is 1. The molecular formula is C16H25NO. The third kappa shape index (κ3) is 3.12. The van der Waals surface area contributed by atoms with Gasteiger partial charge in [-0.2, -0.15) is 0 Å². The fourth-order valence-corrected chi connectivity index (χ4v) is 2.93. The number of piperidine rings is 1. The van der Waals surface area contributed by atoms with E-state index in [0.29, 0.717) is 12.1 Å². The van der Waals surface area contributed by atoms with Crippen LogP contribution in [0, 0.1) is 6.92 Å². The summed E-state index contributed by atoms with van der Waals surface area (Å²) in [7, 11) is 0. The van der Waals surface area contributed by atoms with Gasteiger partial charge in [0, 0.05) is 18.6 Å². The average Bonchev–Trinajstić information content (AvgIpc) is 2.34. The van der Waals surface area contributed by atoms with Gasteiger partial charge in [0.15, 0.2) is 0 Å². The van der Waals surface area contributed by atoms with Gasteiger partial charge in [-0.05, 0) is 39.2 Å². The summed E-state index contributed by atoms with van der Waals surface area (Å²) < 4.78 is 0. The molecule has 100 valence electrons. The lowest BCUT2D eigenvalue weighted by Gasteiger charge is -2.40. The number of hydrogen-bond acceptors (Lipinski definition) is 2. The lowest BCUT2D eigenvalue weighted by atomic mass is 9.96. The van der Waals surface area contributed by atoms with Crippen LogP contribution in [-0.4, -0.2) is 28.6 Å². The zero-order chi connectivity index (χ0) is 13.1. The van der Waals surface area contributed by atoms with Gasteiger partial charge in [-0.1, -0.05) is 36.2 Å². The number of benzene rings is 1. The van der Waals surface area contributed by atoms with Crippen LogP contribution in [0.3, 0.4) is 0 Å². The molecule has 3 atom stereocenters. The second-order valence-corrected chi connectivity index (χ2v) is 5.75. The van der Waals surface area contributed by atoms with Crippen molar-refractivity contribution < 1.29 is 5.11 Å². The SMILES string of the molecule is Cc1ccc(C(O)CN2C(C)CCCC2C)cc1. The van der Waals surface area contributed by atoms with E-state index in [1.165, 1.54) is 24.8 Å². The summed E-state index contributed by atoms with van der Waals surface area (Å²) in [6.07, 6.45) is 3.46. The first-order chi connectivity index (χ1) is 8.58. The molecule has 2 heteroatoms. The number of likely N-dealkylation sites (tertiary alicyclic amines) is 1. The Balaban J connectivity index is 2.01. The average molecular weight is 247 g/mol. The van der Waals surface area contributed by atoms with Crippen molar-refractivity contribution in [2.24, 2.45) is 0 Å². The smallest absolute Gasteiger partial charge is 0.0917 e. The fourth-order valence-electron chi connectivity index (χ4n) is 2.93. The van der Waals surface area contributed by atoms with E-state index in [4.69, 9.17) is 0 Å². The molecule has 1 N–H and O–H groups in total. The number of aliphatic hydroxyl groups is 1. The molecule has 1 aromatic carbocycles. The van der Waals surface area contributed by atoms with Crippen molar-refractivity contribution in [3.05, 3.63) is 35.4 Å². The Hall–Kier alpha value is -0.860. The topological polar surface area (TPSA) is 23.5 Å². The van der Waals surface area contributed by atoms with Crippen molar-refractivity contribution in [3.8, 4) is 0 Å². The first kappa shape index (κ1) is 13.6. The van der Waals surface area contributed by atoms with Crippen LogP contribution in [0.15, 0.2) is 24.3 Å². The highest BCUT2D eigenvalue weighted by Crippen LogP contribution is 2.25. The van der Waals surface area contributed by atoms with Gasteiger partial charge in [-0.25, -0.2) is 0 Å². The second-order valence-electron chi connectivity index (χ2n) is 5.75. The molecule has 1 aromatic rings. The van der Waals surface area contributed by atoms with E-state index in [1.54, 1.807) is 0 Å². The maximum atomic E-state index is 10.4. The second kappa shape index (κ2) is 5.85. The van der Waals surface area contributed by atoms with Crippen molar-refractivity contribution in [1.29, 1.82) is 0 Å². The van der Waals surface area contributed by atoms with Crippen LogP contribution in [0.25, 0.3) is 0 Å². The molecule has 3 unspecified atom stereocenters. The van der Waals surface area contributed by atoms with Gasteiger partial charge < -0.3 is 5.11 Å². The van der Waals surface area contributed by atoms with Gasteiger partial charge >= 0.3 is 0 Å². The number of aryl methyl sites for hydroxylation is 1. The standard InChI is InChI=1S/C16H25NO/c1-12-7-9-15(10-8-12)16(18)11-17-13(2)5-4-6-14(17)3/h7-10,13-14,16,18H,4-6,11H2,1-3H3. The largest absolute Gasteiger partial charge is 0.387 e. The van der Waals surface area contributed by atoms with E-state index in [9.17, 15) is 5.11 Å². The molecule has 0 saturated carbocycles. The van der Waals surface area contributed by atoms with E-state index in [-0.39, 0.29) is 6.10 Å². The summed E-state index contributed by atoms with van der Waals surface area (Å²) in [4.78, 5) is 2.45. The number of aliphatic hydroxyl groups excluding tert-OH is 1. The van der Waals surface area contributed by atoms with Gasteiger partial charge in [-0.3, -0.25) is 4.90 Å². The minimum Gasteiger partial charge on any atom is -0.387 e. The lowest BCUT2D eigenvalue weighted by Crippen LogP contribution is -2.45. The molecule has 1 saturated heterocycles. The zero-order valence-electron chi connectivity index (χ0n) is 11.8. The molecule has 0 bridgehead atoms. The van der Waals surface area contributed by atoms with E-state index < -0.39 is 0 Å². The van der Waals surface area contributed by atoms with Crippen LogP contribution in [0.2, 0.25) is 0 Å². The van der Waals surface area contributed by atoms with Crippen LogP contribution in [-0.2, 0) is 0 Å². The number of β-amino-alcohol motifs (C(OH)–C–C–N with tert-alkyl or cyclic N) is 1. The first-order valence-electron chi connectivity index (χ1n) is 7.08. The summed E-state index contributed by atoms with van der Waals surface area (Å²) in [6.45, 7) is 7.38. The third-order valence-electron chi connectivity index (χ3n) is 4.22. The maximum absolute atomic E-state index is 10.4. The third-order valence-corrected chi connectivity index (χ3v) is 4.22. The van der Waals surface area contributed by atoms with E-state index in [1.807, 2.05) is 12.1 Å². The van der Waals surface area contributed by atoms with Crippen LogP contribution in [0.1, 0.15) is 50.3 Å². The molecule has 0 amide bonds. The van der Waals surface area contributed by atoms with Crippen molar-refractivity contribution in [2.45, 2.75) is 58.2 Å². The molecule has 0 aromatic heterocycles. The van der Waals surface area contributed by atoms with Crippen molar-refractivity contribution in [1.82, 2.24) is 4.90 Å². The maximum Gasteiger partial charge on any atom is 0.0917 e. The summed E-state index contributed by atoms with van der Waals surface area (Å²) in [6, 6.07) is 9.41. The Morgan fingerprint density at radius 3 is 2.28 bits per heavy atom. The lowest BCUT2D eigenvalue weighted by molar-refractivity contribution is 0.0412. The Morgan fingerprint density at radius 1 is 1.17 bits per heavy atom. The molecule has 0 aliphatic carbocycles. The van der Waals surface area contributed by atoms with Gasteiger partial charge in [0.2, 0.25) is 0 Å². The Bertz CT molecular complexity index is 363. The molecular weight excluding hydrogens is 222 g/mol. The first-order valence-corrected chi connectivity index (χ1v) is 7.08. The summed E-state index contributed by atoms with van der Waals surface area (Å²) >= 11 is 0. The van der Waals surface area contributed by atoms with Crippen molar-refractivity contribution >= 4 is 0 Å². The van der Waals surface area contributed by atoms with Gasteiger partial charge in [0.05, 0.1) is 6.10 Å².